The lowest BCUT2D eigenvalue weighted by Gasteiger charge is -2.19. The SMILES string of the molecule is Nc1cc(S(=O)(=O)C(F)(F)F)cc2c1SCC(=O)N2. The summed E-state index contributed by atoms with van der Waals surface area (Å²) in [6.45, 7) is 0. The number of hydrogen-bond donors (Lipinski definition) is 2. The summed E-state index contributed by atoms with van der Waals surface area (Å²) in [6, 6.07) is 1.50. The number of nitrogens with two attached hydrogens (primary N) is 1. The Hall–Kier alpha value is -1.42. The first-order valence-corrected chi connectivity index (χ1v) is 7.27. The van der Waals surface area contributed by atoms with E-state index in [2.05, 4.69) is 5.32 Å². The molecule has 0 spiro atoms. The zero-order valence-electron chi connectivity index (χ0n) is 9.11. The van der Waals surface area contributed by atoms with Crippen molar-refractivity contribution in [3.05, 3.63) is 12.1 Å². The van der Waals surface area contributed by atoms with Crippen LogP contribution in [0.1, 0.15) is 0 Å². The van der Waals surface area contributed by atoms with Gasteiger partial charge in [-0.05, 0) is 12.1 Å². The highest BCUT2D eigenvalue weighted by atomic mass is 32.2. The molecule has 0 bridgehead atoms. The van der Waals surface area contributed by atoms with Crippen LogP contribution in [0.15, 0.2) is 21.9 Å². The number of carbonyl (C=O) groups excluding carboxylic acids is 1. The van der Waals surface area contributed by atoms with Crippen LogP contribution in [-0.2, 0) is 14.6 Å². The summed E-state index contributed by atoms with van der Waals surface area (Å²) in [7, 11) is -5.49. The van der Waals surface area contributed by atoms with Crippen molar-refractivity contribution < 1.29 is 26.4 Å². The van der Waals surface area contributed by atoms with Gasteiger partial charge in [0.1, 0.15) is 0 Å². The Morgan fingerprint density at radius 3 is 2.53 bits per heavy atom. The molecule has 0 atom stereocenters. The van der Waals surface area contributed by atoms with E-state index in [1.807, 2.05) is 0 Å². The average molecular weight is 312 g/mol. The second-order valence-corrected chi connectivity index (χ2v) is 6.60. The number of rotatable bonds is 1. The largest absolute Gasteiger partial charge is 0.501 e. The molecule has 2 rings (SSSR count). The minimum Gasteiger partial charge on any atom is -0.398 e. The van der Waals surface area contributed by atoms with Crippen LogP contribution in [0.25, 0.3) is 0 Å². The van der Waals surface area contributed by atoms with E-state index in [0.29, 0.717) is 4.90 Å². The second-order valence-electron chi connectivity index (χ2n) is 3.68. The minimum absolute atomic E-state index is 0.0240. The normalized spacial score (nSPS) is 15.8. The number of thioether (sulfide) groups is 1. The molecular formula is C9H7F3N2O3S2. The molecule has 0 saturated carbocycles. The maximum Gasteiger partial charge on any atom is 0.501 e. The Morgan fingerprint density at radius 2 is 1.95 bits per heavy atom. The van der Waals surface area contributed by atoms with Crippen LogP contribution in [0.4, 0.5) is 24.5 Å². The molecule has 5 nitrogen and oxygen atoms in total. The van der Waals surface area contributed by atoms with Gasteiger partial charge >= 0.3 is 5.51 Å². The standard InChI is InChI=1S/C9H7F3N2O3S2/c10-9(11,12)19(16,17)4-1-5(13)8-6(2-4)14-7(15)3-18-8/h1-2H,3,13H2,(H,14,15). The molecule has 0 aliphatic carbocycles. The van der Waals surface area contributed by atoms with Crippen molar-refractivity contribution in [2.45, 2.75) is 15.3 Å². The van der Waals surface area contributed by atoms with Gasteiger partial charge in [0.05, 0.1) is 21.2 Å². The first-order valence-electron chi connectivity index (χ1n) is 4.80. The summed E-state index contributed by atoms with van der Waals surface area (Å²) in [4.78, 5) is 10.5. The fraction of sp³-hybridized carbons (Fsp3) is 0.222. The van der Waals surface area contributed by atoms with Crippen LogP contribution < -0.4 is 11.1 Å². The van der Waals surface area contributed by atoms with Crippen molar-refractivity contribution in [1.29, 1.82) is 0 Å². The zero-order chi connectivity index (χ0) is 14.4. The zero-order valence-corrected chi connectivity index (χ0v) is 10.7. The highest BCUT2D eigenvalue weighted by Crippen LogP contribution is 2.40. The number of nitrogens with one attached hydrogen (secondary N) is 1. The van der Waals surface area contributed by atoms with Crippen LogP contribution in [-0.4, -0.2) is 25.6 Å². The van der Waals surface area contributed by atoms with Crippen molar-refractivity contribution in [2.75, 3.05) is 16.8 Å². The van der Waals surface area contributed by atoms with Gasteiger partial charge in [-0.25, -0.2) is 8.42 Å². The Balaban J connectivity index is 2.60. The van der Waals surface area contributed by atoms with Crippen LogP contribution >= 0.6 is 11.8 Å². The highest BCUT2D eigenvalue weighted by molar-refractivity contribution is 8.00. The highest BCUT2D eigenvalue weighted by Gasteiger charge is 2.47. The lowest BCUT2D eigenvalue weighted by Crippen LogP contribution is -2.25. The van der Waals surface area contributed by atoms with Crippen molar-refractivity contribution in [1.82, 2.24) is 0 Å². The van der Waals surface area contributed by atoms with Gasteiger partial charge in [0.25, 0.3) is 9.84 Å². The molecule has 104 valence electrons. The number of nitrogen functional groups attached to an aromatic ring is 1. The Kier molecular flexibility index (Phi) is 3.17. The molecule has 1 aromatic rings. The van der Waals surface area contributed by atoms with E-state index >= 15 is 0 Å². The van der Waals surface area contributed by atoms with E-state index in [1.54, 1.807) is 0 Å². The number of benzene rings is 1. The summed E-state index contributed by atoms with van der Waals surface area (Å²) >= 11 is 1.04. The molecular weight excluding hydrogens is 305 g/mol. The van der Waals surface area contributed by atoms with E-state index < -0.39 is 26.1 Å². The van der Waals surface area contributed by atoms with Gasteiger partial charge in [0.15, 0.2) is 0 Å². The molecule has 1 aliphatic heterocycles. The number of alkyl halides is 3. The number of sulfone groups is 1. The van der Waals surface area contributed by atoms with Crippen molar-refractivity contribution in [3.63, 3.8) is 0 Å². The summed E-state index contributed by atoms with van der Waals surface area (Å²) < 4.78 is 59.9. The molecule has 0 unspecified atom stereocenters. The number of carbonyl (C=O) groups is 1. The summed E-state index contributed by atoms with van der Waals surface area (Å²) in [6.07, 6.45) is 0. The monoisotopic (exact) mass is 312 g/mol. The van der Waals surface area contributed by atoms with Gasteiger partial charge in [-0.1, -0.05) is 0 Å². The molecule has 0 aromatic heterocycles. The maximum atomic E-state index is 12.4. The van der Waals surface area contributed by atoms with Crippen LogP contribution in [0, 0.1) is 0 Å². The Morgan fingerprint density at radius 1 is 1.32 bits per heavy atom. The van der Waals surface area contributed by atoms with E-state index in [4.69, 9.17) is 5.73 Å². The van der Waals surface area contributed by atoms with Crippen LogP contribution in [0.3, 0.4) is 0 Å². The van der Waals surface area contributed by atoms with Crippen LogP contribution in [0.5, 0.6) is 0 Å². The quantitative estimate of drug-likeness (QED) is 0.769. The average Bonchev–Trinajstić information content (AvgIpc) is 2.26. The van der Waals surface area contributed by atoms with E-state index in [-0.39, 0.29) is 17.1 Å². The predicted molar refractivity (Wildman–Crippen MR) is 63.4 cm³/mol. The summed E-state index contributed by atoms with van der Waals surface area (Å²) in [5.41, 5.74) is -0.0376. The predicted octanol–water partition coefficient (Wildman–Crippen LogP) is 1.61. The maximum absolute atomic E-state index is 12.4. The molecule has 3 N–H and O–H groups in total. The third-order valence-corrected chi connectivity index (χ3v) is 4.94. The third-order valence-electron chi connectivity index (χ3n) is 2.33. The van der Waals surface area contributed by atoms with Gasteiger partial charge in [0.2, 0.25) is 5.91 Å². The molecule has 1 aromatic carbocycles. The Bertz CT molecular complexity index is 655. The van der Waals surface area contributed by atoms with E-state index in [1.165, 1.54) is 0 Å². The fourth-order valence-electron chi connectivity index (χ4n) is 1.49. The molecule has 10 heteroatoms. The number of hydrogen-bond acceptors (Lipinski definition) is 5. The fourth-order valence-corrected chi connectivity index (χ4v) is 3.15. The number of halogens is 3. The van der Waals surface area contributed by atoms with Gasteiger partial charge in [-0.3, -0.25) is 4.79 Å². The number of amides is 1. The number of fused-ring (bicyclic) bond motifs is 1. The molecule has 19 heavy (non-hydrogen) atoms. The van der Waals surface area contributed by atoms with Crippen molar-refractivity contribution >= 4 is 38.9 Å². The Labute approximate surface area is 110 Å². The van der Waals surface area contributed by atoms with Gasteiger partial charge in [-0.2, -0.15) is 13.2 Å². The first kappa shape index (κ1) is 14.0. The summed E-state index contributed by atoms with van der Waals surface area (Å²) in [5.74, 6) is -0.360. The molecule has 1 aliphatic rings. The lowest BCUT2D eigenvalue weighted by molar-refractivity contribution is -0.113. The first-order chi connectivity index (χ1) is 8.63. The third kappa shape index (κ3) is 2.37. The summed E-state index contributed by atoms with van der Waals surface area (Å²) in [5, 5.41) is 2.29. The lowest BCUT2D eigenvalue weighted by atomic mass is 10.2. The second kappa shape index (κ2) is 4.30. The topological polar surface area (TPSA) is 89.3 Å². The number of anilines is 2. The van der Waals surface area contributed by atoms with Gasteiger partial charge in [0, 0.05) is 5.69 Å². The van der Waals surface area contributed by atoms with Crippen molar-refractivity contribution in [2.24, 2.45) is 0 Å². The molecule has 0 saturated heterocycles. The molecule has 1 amide bonds. The smallest absolute Gasteiger partial charge is 0.398 e. The van der Waals surface area contributed by atoms with Gasteiger partial charge < -0.3 is 11.1 Å². The molecule has 1 heterocycles. The van der Waals surface area contributed by atoms with Crippen LogP contribution in [0.2, 0.25) is 0 Å². The molecule has 0 radical (unpaired) electrons. The van der Waals surface area contributed by atoms with Crippen molar-refractivity contribution in [3.8, 4) is 0 Å². The molecule has 0 fully saturated rings. The van der Waals surface area contributed by atoms with Gasteiger partial charge in [-0.15, -0.1) is 11.8 Å². The minimum atomic E-state index is -5.49. The van der Waals surface area contributed by atoms with E-state index in [0.717, 1.165) is 23.9 Å². The van der Waals surface area contributed by atoms with E-state index in [9.17, 15) is 26.4 Å².